The van der Waals surface area contributed by atoms with Crippen LogP contribution in [0.15, 0.2) is 41.8 Å². The summed E-state index contributed by atoms with van der Waals surface area (Å²) in [5, 5.41) is 13.0. The number of fused-ring (bicyclic) bond motifs is 4. The second-order valence-corrected chi connectivity index (χ2v) is 9.30. The van der Waals surface area contributed by atoms with Gasteiger partial charge < -0.3 is 44.9 Å². The smallest absolute Gasteiger partial charge is 0.470 e. The van der Waals surface area contributed by atoms with Crippen LogP contribution in [0.1, 0.15) is 0 Å². The van der Waals surface area contributed by atoms with Gasteiger partial charge in [0.1, 0.15) is 47.7 Å². The number of carbonyl (C=O) groups is 1. The molecule has 0 radical (unpaired) electrons. The zero-order valence-corrected chi connectivity index (χ0v) is 18.1. The van der Waals surface area contributed by atoms with Gasteiger partial charge in [-0.1, -0.05) is 6.07 Å². The van der Waals surface area contributed by atoms with Crippen LogP contribution in [0.3, 0.4) is 0 Å². The summed E-state index contributed by atoms with van der Waals surface area (Å²) in [6, 6.07) is 5.25. The van der Waals surface area contributed by atoms with Crippen molar-refractivity contribution in [3.05, 3.63) is 41.8 Å². The molecule has 1 aromatic carbocycles. The van der Waals surface area contributed by atoms with Crippen molar-refractivity contribution in [1.29, 1.82) is 0 Å². The fraction of sp³-hybridized carbons (Fsp3) is 0.450. The van der Waals surface area contributed by atoms with Gasteiger partial charge in [-0.3, -0.25) is 9.32 Å². The molecule has 13 heteroatoms. The van der Waals surface area contributed by atoms with Gasteiger partial charge >= 0.3 is 7.82 Å². The Kier molecular flexibility index (Phi) is 5.58. The number of nitrogens with one attached hydrogen (secondary N) is 1. The standard InChI is InChI=1S/C20H23N2O10P/c21-4-5-28-13-2-1-3-14-16(13)22-11-7-12(24)10(6-15(11)30-14)17-18-19(32-33(25,26)27)20(8-23,31-17)9-29-18/h1-3,6-7,10,17-19,22-23H,4-5,8-9,21H2,(H2,25,26,27)/t10?,17-,18-,19-,20-/m0/s1. The van der Waals surface area contributed by atoms with E-state index in [0.29, 0.717) is 41.8 Å². The molecule has 5 atom stereocenters. The van der Waals surface area contributed by atoms with Crippen molar-refractivity contribution in [1.82, 2.24) is 0 Å². The fourth-order valence-corrected chi connectivity index (χ4v) is 5.12. The van der Waals surface area contributed by atoms with Gasteiger partial charge in [-0.25, -0.2) is 4.57 Å². The lowest BCUT2D eigenvalue weighted by Gasteiger charge is -2.34. The number of hydrogen-bond donors (Lipinski definition) is 5. The second-order valence-electron chi connectivity index (χ2n) is 8.11. The average molecular weight is 482 g/mol. The van der Waals surface area contributed by atoms with Crippen molar-refractivity contribution in [2.45, 2.75) is 23.9 Å². The third-order valence-electron chi connectivity index (χ3n) is 5.96. The molecule has 0 saturated carbocycles. The molecule has 178 valence electrons. The molecule has 3 heterocycles. The van der Waals surface area contributed by atoms with Crippen molar-refractivity contribution in [2.75, 3.05) is 31.7 Å². The maximum Gasteiger partial charge on any atom is 0.470 e. The summed E-state index contributed by atoms with van der Waals surface area (Å²) < 4.78 is 39.5. The van der Waals surface area contributed by atoms with Crippen molar-refractivity contribution in [2.24, 2.45) is 11.7 Å². The van der Waals surface area contributed by atoms with E-state index in [2.05, 4.69) is 5.32 Å². The van der Waals surface area contributed by atoms with E-state index in [1.54, 1.807) is 24.3 Å². The van der Waals surface area contributed by atoms with E-state index in [9.17, 15) is 24.3 Å². The number of phosphoric ester groups is 1. The number of anilines is 1. The Bertz CT molecular complexity index is 1080. The number of aliphatic hydroxyl groups is 1. The minimum Gasteiger partial charge on any atom is -0.490 e. The van der Waals surface area contributed by atoms with Crippen LogP contribution in [0.2, 0.25) is 0 Å². The number of rotatable bonds is 7. The molecule has 4 aliphatic rings. The van der Waals surface area contributed by atoms with Gasteiger partial charge in [0.15, 0.2) is 11.5 Å². The number of para-hydroxylation sites is 1. The summed E-state index contributed by atoms with van der Waals surface area (Å²) >= 11 is 0. The lowest BCUT2D eigenvalue weighted by molar-refractivity contribution is -0.173. The zero-order chi connectivity index (χ0) is 23.4. The molecule has 6 N–H and O–H groups in total. The Morgan fingerprint density at radius 2 is 2.12 bits per heavy atom. The van der Waals surface area contributed by atoms with Gasteiger partial charge in [0, 0.05) is 12.6 Å². The lowest BCUT2D eigenvalue weighted by Crippen LogP contribution is -2.46. The van der Waals surface area contributed by atoms with E-state index < -0.39 is 44.3 Å². The molecule has 2 saturated heterocycles. The summed E-state index contributed by atoms with van der Waals surface area (Å²) in [7, 11) is -4.90. The van der Waals surface area contributed by atoms with E-state index in [1.165, 1.54) is 6.08 Å². The third-order valence-corrected chi connectivity index (χ3v) is 6.46. The molecule has 1 unspecified atom stereocenters. The summed E-state index contributed by atoms with van der Waals surface area (Å²) in [5.41, 5.74) is 5.02. The summed E-state index contributed by atoms with van der Waals surface area (Å²) in [6.45, 7) is -0.0673. The van der Waals surface area contributed by atoms with Crippen LogP contribution >= 0.6 is 7.82 Å². The number of aliphatic hydroxyl groups excluding tert-OH is 1. The highest BCUT2D eigenvalue weighted by atomic mass is 31.2. The number of phosphoric acid groups is 1. The van der Waals surface area contributed by atoms with Crippen molar-refractivity contribution >= 4 is 19.3 Å². The molecule has 0 aromatic heterocycles. The molecule has 0 amide bonds. The normalized spacial score (nSPS) is 32.3. The van der Waals surface area contributed by atoms with Crippen LogP contribution in [-0.2, 0) is 23.4 Å². The van der Waals surface area contributed by atoms with Crippen LogP contribution < -0.4 is 20.5 Å². The molecule has 12 nitrogen and oxygen atoms in total. The molecule has 3 aliphatic heterocycles. The highest BCUT2D eigenvalue weighted by Crippen LogP contribution is 2.52. The minimum atomic E-state index is -4.90. The highest BCUT2D eigenvalue weighted by molar-refractivity contribution is 7.46. The molecule has 5 rings (SSSR count). The van der Waals surface area contributed by atoms with E-state index in [4.69, 9.17) is 29.2 Å². The van der Waals surface area contributed by atoms with Gasteiger partial charge in [0.05, 0.1) is 24.8 Å². The van der Waals surface area contributed by atoms with Crippen molar-refractivity contribution in [3.63, 3.8) is 0 Å². The summed E-state index contributed by atoms with van der Waals surface area (Å²) in [4.78, 5) is 31.6. The largest absolute Gasteiger partial charge is 0.490 e. The predicted molar refractivity (Wildman–Crippen MR) is 111 cm³/mol. The fourth-order valence-electron chi connectivity index (χ4n) is 4.52. The van der Waals surface area contributed by atoms with Gasteiger partial charge in [0.25, 0.3) is 0 Å². The molecule has 1 aliphatic carbocycles. The Hall–Kier alpha value is -2.28. The van der Waals surface area contributed by atoms with E-state index in [1.807, 2.05) is 0 Å². The number of allylic oxidation sites excluding steroid dienone is 1. The highest BCUT2D eigenvalue weighted by Gasteiger charge is 2.65. The number of benzene rings is 1. The van der Waals surface area contributed by atoms with Crippen LogP contribution in [0.5, 0.6) is 11.5 Å². The molecule has 1 aromatic rings. The van der Waals surface area contributed by atoms with Crippen LogP contribution in [0.4, 0.5) is 5.69 Å². The van der Waals surface area contributed by atoms with Crippen LogP contribution in [-0.4, -0.2) is 71.0 Å². The molecular formula is C20H23N2O10P. The van der Waals surface area contributed by atoms with Gasteiger partial charge in [-0.05, 0) is 18.2 Å². The summed E-state index contributed by atoms with van der Waals surface area (Å²) in [6.07, 6.45) is -0.217. The quantitative estimate of drug-likeness (QED) is 0.324. The Balaban J connectivity index is 1.42. The van der Waals surface area contributed by atoms with Gasteiger partial charge in [0.2, 0.25) is 0 Å². The first-order valence-electron chi connectivity index (χ1n) is 10.3. The predicted octanol–water partition coefficient (Wildman–Crippen LogP) is -0.198. The molecule has 2 bridgehead atoms. The summed E-state index contributed by atoms with van der Waals surface area (Å²) in [5.74, 6) is 0.170. The Labute approximate surface area is 188 Å². The first-order chi connectivity index (χ1) is 15.7. The first kappa shape index (κ1) is 22.5. The SMILES string of the molecule is NCCOc1cccc2c1NC1=CC(=O)C([C@@H]3O[C@@]4(CO)CO[C@@H]3[C@@H]4OP(=O)(O)O)C=C1O2. The van der Waals surface area contributed by atoms with Crippen molar-refractivity contribution in [3.8, 4) is 11.5 Å². The topological polar surface area (TPSA) is 179 Å². The van der Waals surface area contributed by atoms with Crippen molar-refractivity contribution < 1.29 is 47.7 Å². The zero-order valence-electron chi connectivity index (χ0n) is 17.2. The van der Waals surface area contributed by atoms with Gasteiger partial charge in [-0.2, -0.15) is 0 Å². The number of ketones is 1. The number of nitrogens with two attached hydrogens (primary N) is 1. The average Bonchev–Trinajstić information content (AvgIpc) is 3.26. The number of carbonyl (C=O) groups excluding carboxylic acids is 1. The lowest BCUT2D eigenvalue weighted by atomic mass is 9.87. The maximum absolute atomic E-state index is 13.0. The Morgan fingerprint density at radius 1 is 1.30 bits per heavy atom. The Morgan fingerprint density at radius 3 is 2.85 bits per heavy atom. The number of hydrogen-bond acceptors (Lipinski definition) is 10. The monoisotopic (exact) mass is 482 g/mol. The van der Waals surface area contributed by atoms with Gasteiger partial charge in [-0.15, -0.1) is 0 Å². The third kappa shape index (κ3) is 3.88. The second kappa shape index (κ2) is 8.19. The first-order valence-corrected chi connectivity index (χ1v) is 11.8. The van der Waals surface area contributed by atoms with Crippen LogP contribution in [0.25, 0.3) is 0 Å². The molecule has 0 spiro atoms. The van der Waals surface area contributed by atoms with E-state index in [-0.39, 0.29) is 12.4 Å². The minimum absolute atomic E-state index is 0.120. The molecule has 2 fully saturated rings. The maximum atomic E-state index is 13.0. The molecule has 33 heavy (non-hydrogen) atoms. The van der Waals surface area contributed by atoms with Crippen LogP contribution in [0, 0.1) is 5.92 Å². The molecular weight excluding hydrogens is 459 g/mol. The number of ether oxygens (including phenoxy) is 4. The van der Waals surface area contributed by atoms with E-state index in [0.717, 1.165) is 0 Å². The van der Waals surface area contributed by atoms with E-state index >= 15 is 0 Å².